The lowest BCUT2D eigenvalue weighted by atomic mass is 10.1. The molecule has 4 nitrogen and oxygen atoms in total. The van der Waals surface area contributed by atoms with Crippen LogP contribution in [0.2, 0.25) is 0 Å². The fourth-order valence-electron chi connectivity index (χ4n) is 1.63. The molecule has 0 aliphatic carbocycles. The number of benzene rings is 1. The molecule has 0 saturated carbocycles. The first-order valence-corrected chi connectivity index (χ1v) is 5.91. The Kier molecular flexibility index (Phi) is 6.29. The van der Waals surface area contributed by atoms with Gasteiger partial charge in [0.05, 0.1) is 6.61 Å². The molecule has 0 aliphatic heterocycles. The summed E-state index contributed by atoms with van der Waals surface area (Å²) in [4.78, 5) is 10.8. The summed E-state index contributed by atoms with van der Waals surface area (Å²) in [5, 5.41) is 11.8. The molecule has 1 aromatic rings. The van der Waals surface area contributed by atoms with E-state index in [1.165, 1.54) is 5.56 Å². The number of unbranched alkanes of at least 4 members (excludes halogenated alkanes) is 1. The van der Waals surface area contributed by atoms with E-state index in [1.54, 1.807) is 0 Å². The maximum atomic E-state index is 10.8. The van der Waals surface area contributed by atoms with Crippen LogP contribution in [0, 0.1) is 0 Å². The van der Waals surface area contributed by atoms with Gasteiger partial charge in [0.15, 0.2) is 0 Å². The van der Waals surface area contributed by atoms with E-state index in [0.29, 0.717) is 6.54 Å². The number of aliphatic hydroxyl groups excluding tert-OH is 1. The Morgan fingerprint density at radius 2 is 2.00 bits per heavy atom. The molecule has 4 heteroatoms. The molecule has 1 amide bonds. The Hall–Kier alpha value is -1.39. The van der Waals surface area contributed by atoms with Gasteiger partial charge in [-0.05, 0) is 31.4 Å². The molecule has 0 radical (unpaired) electrons. The molecule has 0 aromatic heterocycles. The average Bonchev–Trinajstić information content (AvgIpc) is 2.34. The number of rotatable bonds is 8. The molecule has 0 saturated heterocycles. The smallest absolute Gasteiger partial charge is 0.236 e. The van der Waals surface area contributed by atoms with Crippen LogP contribution in [0.25, 0.3) is 0 Å². The highest BCUT2D eigenvalue weighted by molar-refractivity contribution is 5.79. The SMILES string of the molecule is NC(=O)C(CO)NCCCCc1ccccc1. The van der Waals surface area contributed by atoms with E-state index in [1.807, 2.05) is 18.2 Å². The Bertz CT molecular complexity index is 327. The van der Waals surface area contributed by atoms with Crippen LogP contribution in [-0.2, 0) is 11.2 Å². The zero-order valence-electron chi connectivity index (χ0n) is 9.93. The molecule has 94 valence electrons. The first-order valence-electron chi connectivity index (χ1n) is 5.91. The zero-order chi connectivity index (χ0) is 12.5. The summed E-state index contributed by atoms with van der Waals surface area (Å²) < 4.78 is 0. The van der Waals surface area contributed by atoms with E-state index in [-0.39, 0.29) is 6.61 Å². The number of hydrogen-bond donors (Lipinski definition) is 3. The van der Waals surface area contributed by atoms with E-state index in [0.717, 1.165) is 19.3 Å². The molecule has 0 spiro atoms. The molecular formula is C13H20N2O2. The first-order chi connectivity index (χ1) is 8.24. The van der Waals surface area contributed by atoms with E-state index < -0.39 is 11.9 Å². The van der Waals surface area contributed by atoms with Crippen LogP contribution in [0.1, 0.15) is 18.4 Å². The van der Waals surface area contributed by atoms with Gasteiger partial charge >= 0.3 is 0 Å². The van der Waals surface area contributed by atoms with Crippen molar-refractivity contribution in [2.75, 3.05) is 13.2 Å². The van der Waals surface area contributed by atoms with Crippen molar-refractivity contribution in [2.45, 2.75) is 25.3 Å². The van der Waals surface area contributed by atoms with Gasteiger partial charge in [-0.25, -0.2) is 0 Å². The van der Waals surface area contributed by atoms with Gasteiger partial charge in [-0.2, -0.15) is 0 Å². The molecule has 0 aliphatic rings. The van der Waals surface area contributed by atoms with Gasteiger partial charge < -0.3 is 16.2 Å². The number of amides is 1. The molecule has 1 atom stereocenters. The normalized spacial score (nSPS) is 12.3. The van der Waals surface area contributed by atoms with Crippen molar-refractivity contribution in [2.24, 2.45) is 5.73 Å². The number of carbonyl (C=O) groups excluding carboxylic acids is 1. The molecule has 1 aromatic carbocycles. The largest absolute Gasteiger partial charge is 0.394 e. The van der Waals surface area contributed by atoms with Crippen molar-refractivity contribution in [3.05, 3.63) is 35.9 Å². The fourth-order valence-corrected chi connectivity index (χ4v) is 1.63. The molecular weight excluding hydrogens is 216 g/mol. The van der Waals surface area contributed by atoms with Crippen molar-refractivity contribution in [3.8, 4) is 0 Å². The van der Waals surface area contributed by atoms with Crippen LogP contribution in [0.15, 0.2) is 30.3 Å². The maximum absolute atomic E-state index is 10.8. The van der Waals surface area contributed by atoms with Gasteiger partial charge in [0.25, 0.3) is 0 Å². The standard InChI is InChI=1S/C13H20N2O2/c14-13(17)12(10-16)15-9-5-4-8-11-6-2-1-3-7-11/h1-3,6-7,12,15-16H,4-5,8-10H2,(H2,14,17). The maximum Gasteiger partial charge on any atom is 0.236 e. The summed E-state index contributed by atoms with van der Waals surface area (Å²) in [6.45, 7) is 0.453. The second-order valence-electron chi connectivity index (χ2n) is 4.03. The number of aryl methyl sites for hydroxylation is 1. The number of carbonyl (C=O) groups is 1. The monoisotopic (exact) mass is 236 g/mol. The minimum atomic E-state index is -0.619. The fraction of sp³-hybridized carbons (Fsp3) is 0.462. The molecule has 1 rings (SSSR count). The third kappa shape index (κ3) is 5.47. The van der Waals surface area contributed by atoms with E-state index in [4.69, 9.17) is 10.8 Å². The average molecular weight is 236 g/mol. The number of aliphatic hydroxyl groups is 1. The lowest BCUT2D eigenvalue weighted by Crippen LogP contribution is -2.44. The Balaban J connectivity index is 2.10. The summed E-state index contributed by atoms with van der Waals surface area (Å²) in [6, 6.07) is 9.65. The predicted molar refractivity (Wildman–Crippen MR) is 67.5 cm³/mol. The third-order valence-electron chi connectivity index (χ3n) is 2.65. The van der Waals surface area contributed by atoms with Crippen molar-refractivity contribution >= 4 is 5.91 Å². The van der Waals surface area contributed by atoms with E-state index >= 15 is 0 Å². The van der Waals surface area contributed by atoms with Crippen LogP contribution in [0.4, 0.5) is 0 Å². The van der Waals surface area contributed by atoms with Crippen LogP contribution >= 0.6 is 0 Å². The molecule has 1 unspecified atom stereocenters. The summed E-state index contributed by atoms with van der Waals surface area (Å²) in [6.07, 6.45) is 3.04. The van der Waals surface area contributed by atoms with E-state index in [9.17, 15) is 4.79 Å². The summed E-state index contributed by atoms with van der Waals surface area (Å²) in [5.41, 5.74) is 6.41. The molecule has 0 bridgehead atoms. The molecule has 4 N–H and O–H groups in total. The van der Waals surface area contributed by atoms with Gasteiger partial charge in [0, 0.05) is 0 Å². The van der Waals surface area contributed by atoms with Gasteiger partial charge in [0.2, 0.25) is 5.91 Å². The molecule has 17 heavy (non-hydrogen) atoms. The number of hydrogen-bond acceptors (Lipinski definition) is 3. The van der Waals surface area contributed by atoms with E-state index in [2.05, 4.69) is 17.4 Å². The summed E-state index contributed by atoms with van der Waals surface area (Å²) in [7, 11) is 0. The highest BCUT2D eigenvalue weighted by Crippen LogP contribution is 2.03. The van der Waals surface area contributed by atoms with Crippen molar-refractivity contribution in [1.82, 2.24) is 5.32 Å². The van der Waals surface area contributed by atoms with Crippen molar-refractivity contribution in [1.29, 1.82) is 0 Å². The predicted octanol–water partition coefficient (Wildman–Crippen LogP) is 0.445. The van der Waals surface area contributed by atoms with Gasteiger partial charge in [-0.3, -0.25) is 4.79 Å². The van der Waals surface area contributed by atoms with Crippen LogP contribution in [0.3, 0.4) is 0 Å². The van der Waals surface area contributed by atoms with Gasteiger partial charge in [0.1, 0.15) is 6.04 Å². The Morgan fingerprint density at radius 3 is 2.59 bits per heavy atom. The number of primary amides is 1. The van der Waals surface area contributed by atoms with Crippen LogP contribution in [-0.4, -0.2) is 30.2 Å². The van der Waals surface area contributed by atoms with Crippen LogP contribution < -0.4 is 11.1 Å². The quantitative estimate of drug-likeness (QED) is 0.573. The lowest BCUT2D eigenvalue weighted by Gasteiger charge is -2.11. The first kappa shape index (κ1) is 13.7. The molecule has 0 fully saturated rings. The minimum absolute atomic E-state index is 0.242. The molecule has 0 heterocycles. The number of nitrogens with one attached hydrogen (secondary N) is 1. The third-order valence-corrected chi connectivity index (χ3v) is 2.65. The van der Waals surface area contributed by atoms with Crippen LogP contribution in [0.5, 0.6) is 0 Å². The number of nitrogens with two attached hydrogens (primary N) is 1. The Morgan fingerprint density at radius 1 is 1.29 bits per heavy atom. The highest BCUT2D eigenvalue weighted by Gasteiger charge is 2.11. The topological polar surface area (TPSA) is 75.4 Å². The lowest BCUT2D eigenvalue weighted by molar-refractivity contribution is -0.120. The van der Waals surface area contributed by atoms with Crippen molar-refractivity contribution < 1.29 is 9.90 Å². The van der Waals surface area contributed by atoms with Crippen molar-refractivity contribution in [3.63, 3.8) is 0 Å². The second-order valence-corrected chi connectivity index (χ2v) is 4.03. The highest BCUT2D eigenvalue weighted by atomic mass is 16.3. The van der Waals surface area contributed by atoms with Gasteiger partial charge in [-0.1, -0.05) is 30.3 Å². The van der Waals surface area contributed by atoms with Gasteiger partial charge in [-0.15, -0.1) is 0 Å². The second kappa shape index (κ2) is 7.81. The summed E-state index contributed by atoms with van der Waals surface area (Å²) >= 11 is 0. The Labute approximate surface area is 102 Å². The minimum Gasteiger partial charge on any atom is -0.394 e. The zero-order valence-corrected chi connectivity index (χ0v) is 9.93. The summed E-state index contributed by atoms with van der Waals surface area (Å²) in [5.74, 6) is -0.504.